The van der Waals surface area contributed by atoms with Crippen molar-refractivity contribution in [2.45, 2.75) is 37.8 Å². The highest BCUT2D eigenvalue weighted by Gasteiger charge is 2.26. The maximum absolute atomic E-state index is 5.60. The van der Waals surface area contributed by atoms with E-state index < -0.39 is 0 Å². The van der Waals surface area contributed by atoms with Gasteiger partial charge in [-0.05, 0) is 18.9 Å². The second-order valence-corrected chi connectivity index (χ2v) is 3.85. The molecule has 78 valence electrons. The average Bonchev–Trinajstić information content (AvgIpc) is 2.65. The number of aromatic nitrogens is 2. The Balaban J connectivity index is 2.14. The smallest absolute Gasteiger partial charge is 0.145 e. The van der Waals surface area contributed by atoms with Gasteiger partial charge >= 0.3 is 0 Å². The summed E-state index contributed by atoms with van der Waals surface area (Å²) >= 11 is 0. The summed E-state index contributed by atoms with van der Waals surface area (Å²) in [6.45, 7) is 0. The predicted octanol–water partition coefficient (Wildman–Crippen LogP) is 1.60. The average molecular weight is 195 g/mol. The van der Waals surface area contributed by atoms with Crippen LogP contribution in [-0.2, 0) is 4.74 Å². The molecule has 1 heterocycles. The van der Waals surface area contributed by atoms with E-state index in [1.807, 2.05) is 16.9 Å². The highest BCUT2D eigenvalue weighted by Crippen LogP contribution is 2.30. The van der Waals surface area contributed by atoms with E-state index in [0.717, 1.165) is 12.8 Å². The summed E-state index contributed by atoms with van der Waals surface area (Å²) < 4.78 is 7.41. The van der Waals surface area contributed by atoms with Gasteiger partial charge in [0.25, 0.3) is 0 Å². The zero-order valence-electron chi connectivity index (χ0n) is 8.52. The Morgan fingerprint density at radius 1 is 1.50 bits per heavy atom. The van der Waals surface area contributed by atoms with Crippen LogP contribution in [-0.4, -0.2) is 23.0 Å². The first-order valence-corrected chi connectivity index (χ1v) is 5.14. The molecule has 2 atom stereocenters. The van der Waals surface area contributed by atoms with Gasteiger partial charge in [-0.2, -0.15) is 5.10 Å². The van der Waals surface area contributed by atoms with Crippen molar-refractivity contribution >= 4 is 5.82 Å². The molecule has 14 heavy (non-hydrogen) atoms. The molecule has 1 aliphatic carbocycles. The Morgan fingerprint density at radius 3 is 2.93 bits per heavy atom. The van der Waals surface area contributed by atoms with Crippen molar-refractivity contribution in [2.24, 2.45) is 0 Å². The number of hydrogen-bond donors (Lipinski definition) is 1. The Hall–Kier alpha value is -1.03. The zero-order valence-corrected chi connectivity index (χ0v) is 8.52. The minimum atomic E-state index is 0.294. The number of nitrogens with zero attached hydrogens (tertiary/aromatic N) is 2. The van der Waals surface area contributed by atoms with Crippen molar-refractivity contribution < 1.29 is 4.74 Å². The summed E-state index contributed by atoms with van der Waals surface area (Å²) in [5.74, 6) is 0.588. The Labute approximate surface area is 84.0 Å². The molecule has 0 saturated heterocycles. The lowest BCUT2D eigenvalue weighted by molar-refractivity contribution is 0.0247. The maximum atomic E-state index is 5.60. The number of nitrogen functional groups attached to an aromatic ring is 1. The van der Waals surface area contributed by atoms with E-state index in [2.05, 4.69) is 5.10 Å². The third-order valence-electron chi connectivity index (χ3n) is 2.94. The number of nitrogens with two attached hydrogens (primary N) is 1. The summed E-state index contributed by atoms with van der Waals surface area (Å²) in [4.78, 5) is 0. The van der Waals surface area contributed by atoms with E-state index in [9.17, 15) is 0 Å². The molecule has 0 radical (unpaired) electrons. The van der Waals surface area contributed by atoms with Crippen LogP contribution in [0.25, 0.3) is 0 Å². The van der Waals surface area contributed by atoms with E-state index in [4.69, 9.17) is 10.5 Å². The Kier molecular flexibility index (Phi) is 2.72. The normalized spacial score (nSPS) is 27.8. The molecule has 1 aromatic rings. The number of anilines is 1. The molecule has 0 aliphatic heterocycles. The number of rotatable bonds is 2. The second-order valence-electron chi connectivity index (χ2n) is 3.85. The molecule has 1 aliphatic rings. The van der Waals surface area contributed by atoms with Crippen LogP contribution in [0.5, 0.6) is 0 Å². The SMILES string of the molecule is COC1CCCCC1n1ccc(N)n1. The van der Waals surface area contributed by atoms with Gasteiger partial charge in [-0.1, -0.05) is 12.8 Å². The van der Waals surface area contributed by atoms with Crippen molar-refractivity contribution in [2.75, 3.05) is 12.8 Å². The molecule has 0 spiro atoms. The van der Waals surface area contributed by atoms with Crippen LogP contribution in [0, 0.1) is 0 Å². The summed E-state index contributed by atoms with van der Waals surface area (Å²) in [6.07, 6.45) is 7.01. The first-order chi connectivity index (χ1) is 6.81. The Bertz CT molecular complexity index is 297. The van der Waals surface area contributed by atoms with Crippen LogP contribution < -0.4 is 5.73 Å². The van der Waals surface area contributed by atoms with Crippen molar-refractivity contribution in [3.63, 3.8) is 0 Å². The fraction of sp³-hybridized carbons (Fsp3) is 0.700. The Morgan fingerprint density at radius 2 is 2.29 bits per heavy atom. The van der Waals surface area contributed by atoms with Crippen molar-refractivity contribution in [3.8, 4) is 0 Å². The van der Waals surface area contributed by atoms with Gasteiger partial charge in [-0.25, -0.2) is 0 Å². The van der Waals surface area contributed by atoms with Crippen molar-refractivity contribution in [1.82, 2.24) is 9.78 Å². The zero-order chi connectivity index (χ0) is 9.97. The van der Waals surface area contributed by atoms with Crippen molar-refractivity contribution in [1.29, 1.82) is 0 Å². The van der Waals surface area contributed by atoms with Gasteiger partial charge < -0.3 is 10.5 Å². The van der Waals surface area contributed by atoms with Crippen LogP contribution in [0.2, 0.25) is 0 Å². The summed E-state index contributed by atoms with van der Waals surface area (Å²) in [7, 11) is 1.77. The summed E-state index contributed by atoms with van der Waals surface area (Å²) in [5.41, 5.74) is 5.60. The van der Waals surface area contributed by atoms with E-state index in [1.54, 1.807) is 7.11 Å². The molecule has 2 unspecified atom stereocenters. The molecule has 1 fully saturated rings. The van der Waals surface area contributed by atoms with Crippen LogP contribution in [0.1, 0.15) is 31.7 Å². The highest BCUT2D eigenvalue weighted by atomic mass is 16.5. The standard InChI is InChI=1S/C10H17N3O/c1-14-9-5-3-2-4-8(9)13-7-6-10(11)12-13/h6-9H,2-5H2,1H3,(H2,11,12). The van der Waals surface area contributed by atoms with Crippen LogP contribution >= 0.6 is 0 Å². The van der Waals surface area contributed by atoms with Gasteiger partial charge in [0, 0.05) is 13.3 Å². The van der Waals surface area contributed by atoms with Crippen LogP contribution in [0.3, 0.4) is 0 Å². The molecular weight excluding hydrogens is 178 g/mol. The second kappa shape index (κ2) is 4.00. The number of ether oxygens (including phenoxy) is 1. The lowest BCUT2D eigenvalue weighted by atomic mass is 9.92. The molecule has 4 heteroatoms. The van der Waals surface area contributed by atoms with Gasteiger partial charge in [0.1, 0.15) is 5.82 Å². The topological polar surface area (TPSA) is 53.1 Å². The van der Waals surface area contributed by atoms with Crippen molar-refractivity contribution in [3.05, 3.63) is 12.3 Å². The summed E-state index contributed by atoms with van der Waals surface area (Å²) in [6, 6.07) is 2.20. The number of methoxy groups -OCH3 is 1. The van der Waals surface area contributed by atoms with Gasteiger partial charge in [0.2, 0.25) is 0 Å². The monoisotopic (exact) mass is 195 g/mol. The first-order valence-electron chi connectivity index (χ1n) is 5.14. The van der Waals surface area contributed by atoms with Gasteiger partial charge in [-0.3, -0.25) is 4.68 Å². The minimum Gasteiger partial charge on any atom is -0.382 e. The van der Waals surface area contributed by atoms with Gasteiger partial charge in [0.15, 0.2) is 0 Å². The van der Waals surface area contributed by atoms with Crippen LogP contribution in [0.15, 0.2) is 12.3 Å². The maximum Gasteiger partial charge on any atom is 0.145 e. The molecule has 0 aromatic carbocycles. The first kappa shape index (κ1) is 9.52. The molecular formula is C10H17N3O. The van der Waals surface area contributed by atoms with E-state index in [0.29, 0.717) is 18.0 Å². The lowest BCUT2D eigenvalue weighted by Crippen LogP contribution is -2.29. The minimum absolute atomic E-state index is 0.294. The molecule has 2 N–H and O–H groups in total. The van der Waals surface area contributed by atoms with Gasteiger partial charge in [0.05, 0.1) is 12.1 Å². The highest BCUT2D eigenvalue weighted by molar-refractivity contribution is 5.24. The largest absolute Gasteiger partial charge is 0.382 e. The molecule has 2 rings (SSSR count). The lowest BCUT2D eigenvalue weighted by Gasteiger charge is -2.30. The number of hydrogen-bond acceptors (Lipinski definition) is 3. The van der Waals surface area contributed by atoms with E-state index >= 15 is 0 Å². The molecule has 0 bridgehead atoms. The molecule has 1 aromatic heterocycles. The third kappa shape index (κ3) is 1.75. The quantitative estimate of drug-likeness (QED) is 0.779. The summed E-state index contributed by atoms with van der Waals surface area (Å²) in [5, 5.41) is 4.25. The fourth-order valence-electron chi connectivity index (χ4n) is 2.19. The fourth-order valence-corrected chi connectivity index (χ4v) is 2.19. The third-order valence-corrected chi connectivity index (χ3v) is 2.94. The predicted molar refractivity (Wildman–Crippen MR) is 54.9 cm³/mol. The van der Waals surface area contributed by atoms with E-state index in [-0.39, 0.29) is 0 Å². The molecule has 0 amide bonds. The van der Waals surface area contributed by atoms with Crippen LogP contribution in [0.4, 0.5) is 5.82 Å². The molecule has 1 saturated carbocycles. The molecule has 4 nitrogen and oxygen atoms in total. The van der Waals surface area contributed by atoms with E-state index in [1.165, 1.54) is 12.8 Å². The van der Waals surface area contributed by atoms with Gasteiger partial charge in [-0.15, -0.1) is 0 Å².